The van der Waals surface area contributed by atoms with Crippen LogP contribution in [0.3, 0.4) is 0 Å². The van der Waals surface area contributed by atoms with Crippen LogP contribution in [0.5, 0.6) is 0 Å². The number of azo groups is 1. The molecule has 4 fully saturated rings. The van der Waals surface area contributed by atoms with Crippen molar-refractivity contribution >= 4 is 11.4 Å². The van der Waals surface area contributed by atoms with Gasteiger partial charge in [0.25, 0.3) is 0 Å². The van der Waals surface area contributed by atoms with Crippen LogP contribution in [0, 0.1) is 83.9 Å². The second-order valence-electron chi connectivity index (χ2n) is 22.6. The van der Waals surface area contributed by atoms with Crippen molar-refractivity contribution in [3.63, 3.8) is 0 Å². The topological polar surface area (TPSA) is 24.7 Å². The van der Waals surface area contributed by atoms with Crippen molar-refractivity contribution < 1.29 is 0 Å². The Morgan fingerprint density at radius 2 is 0.946 bits per heavy atom. The van der Waals surface area contributed by atoms with Gasteiger partial charge >= 0.3 is 0 Å². The molecule has 2 aromatic rings. The summed E-state index contributed by atoms with van der Waals surface area (Å²) in [6.07, 6.45) is 25.2. The fourth-order valence-electron chi connectivity index (χ4n) is 16.0. The molecule has 0 saturated heterocycles. The van der Waals surface area contributed by atoms with Crippen LogP contribution < -0.4 is 0 Å². The highest BCUT2D eigenvalue weighted by Crippen LogP contribution is 2.66. The summed E-state index contributed by atoms with van der Waals surface area (Å²) in [5, 5.41) is 10.1. The normalized spacial score (nSPS) is 35.9. The predicted octanol–water partition coefficient (Wildman–Crippen LogP) is 16.6. The van der Waals surface area contributed by atoms with E-state index in [1.54, 1.807) is 22.3 Å². The van der Waals surface area contributed by atoms with E-state index in [0.29, 0.717) is 10.8 Å². The van der Waals surface area contributed by atoms with Crippen molar-refractivity contribution in [2.24, 2.45) is 80.2 Å². The molecule has 56 heavy (non-hydrogen) atoms. The molecular weight excluding hydrogens is 677 g/mol. The standard InChI is InChI=1S/C54H82N2/c1-33(2)13-11-15-35(5)47-23-25-49-45-19-17-39-37(7)51(27-21-41(39)43(45)29-31-53(47,49)9)55-56-52-28-22-42-40(38(52)8)18-20-46-44(42)30-32-54(10)48(24-26-50(46)54)36(6)16-12-14-34(3)4/h21-22,27-28,33-36,43-50H,11-20,23-26,29-32H2,1-10H3. The van der Waals surface area contributed by atoms with Gasteiger partial charge in [-0.05, 0) is 218 Å². The average molecular weight is 759 g/mol. The molecule has 0 aromatic heterocycles. The molecule has 308 valence electrons. The first-order valence-corrected chi connectivity index (χ1v) is 24.5. The second-order valence-corrected chi connectivity index (χ2v) is 22.6. The minimum atomic E-state index is 0.551. The van der Waals surface area contributed by atoms with Gasteiger partial charge in [-0.15, -0.1) is 0 Å². The third kappa shape index (κ3) is 7.22. The van der Waals surface area contributed by atoms with Crippen LogP contribution in [0.2, 0.25) is 0 Å². The van der Waals surface area contributed by atoms with Crippen molar-refractivity contribution in [2.75, 3.05) is 0 Å². The minimum Gasteiger partial charge on any atom is -0.150 e. The van der Waals surface area contributed by atoms with E-state index in [4.69, 9.17) is 10.2 Å². The maximum atomic E-state index is 5.04. The molecule has 0 N–H and O–H groups in total. The van der Waals surface area contributed by atoms with Crippen LogP contribution in [0.1, 0.15) is 203 Å². The summed E-state index contributed by atoms with van der Waals surface area (Å²) in [5.41, 5.74) is 12.6. The molecular formula is C54H82N2. The highest BCUT2D eigenvalue weighted by Gasteiger charge is 2.57. The maximum absolute atomic E-state index is 5.04. The van der Waals surface area contributed by atoms with Gasteiger partial charge in [-0.25, -0.2) is 0 Å². The van der Waals surface area contributed by atoms with Gasteiger partial charge in [0.1, 0.15) is 0 Å². The number of nitrogens with zero attached hydrogens (tertiary/aromatic N) is 2. The van der Waals surface area contributed by atoms with Crippen molar-refractivity contribution in [3.05, 3.63) is 57.6 Å². The molecule has 4 saturated carbocycles. The maximum Gasteiger partial charge on any atom is 0.0889 e. The Morgan fingerprint density at radius 3 is 1.34 bits per heavy atom. The molecule has 6 aliphatic carbocycles. The smallest absolute Gasteiger partial charge is 0.0889 e. The molecule has 12 atom stereocenters. The van der Waals surface area contributed by atoms with Gasteiger partial charge in [0.2, 0.25) is 0 Å². The Hall–Kier alpha value is -1.96. The lowest BCUT2D eigenvalue weighted by atomic mass is 9.53. The van der Waals surface area contributed by atoms with Gasteiger partial charge in [0, 0.05) is 0 Å². The van der Waals surface area contributed by atoms with E-state index in [1.807, 2.05) is 0 Å². The number of rotatable bonds is 12. The molecule has 0 amide bonds. The largest absolute Gasteiger partial charge is 0.150 e. The van der Waals surface area contributed by atoms with E-state index in [2.05, 4.69) is 93.5 Å². The molecule has 0 aliphatic heterocycles. The zero-order chi connectivity index (χ0) is 39.5. The average Bonchev–Trinajstić information content (AvgIpc) is 3.71. The third-order valence-corrected chi connectivity index (χ3v) is 19.0. The number of fused-ring (bicyclic) bond motifs is 10. The van der Waals surface area contributed by atoms with Crippen molar-refractivity contribution in [3.8, 4) is 0 Å². The molecule has 0 heterocycles. The molecule has 8 rings (SSSR count). The first kappa shape index (κ1) is 40.8. The highest BCUT2D eigenvalue weighted by molar-refractivity contribution is 5.57. The Labute approximate surface area is 344 Å². The fraction of sp³-hybridized carbons (Fsp3) is 0.778. The second kappa shape index (κ2) is 16.2. The van der Waals surface area contributed by atoms with Crippen LogP contribution in [0.15, 0.2) is 34.5 Å². The quantitative estimate of drug-likeness (QED) is 0.193. The van der Waals surface area contributed by atoms with Crippen LogP contribution >= 0.6 is 0 Å². The van der Waals surface area contributed by atoms with Crippen molar-refractivity contribution in [1.29, 1.82) is 0 Å². The predicted molar refractivity (Wildman–Crippen MR) is 238 cm³/mol. The summed E-state index contributed by atoms with van der Waals surface area (Å²) < 4.78 is 0. The first-order valence-electron chi connectivity index (χ1n) is 24.5. The monoisotopic (exact) mass is 759 g/mol. The summed E-state index contributed by atoms with van der Waals surface area (Å²) in [5.74, 6) is 10.3. The highest BCUT2D eigenvalue weighted by atomic mass is 15.1. The van der Waals surface area contributed by atoms with Crippen LogP contribution in [-0.2, 0) is 12.8 Å². The minimum absolute atomic E-state index is 0.551. The van der Waals surface area contributed by atoms with Crippen LogP contribution in [0.4, 0.5) is 11.4 Å². The lowest BCUT2D eigenvalue weighted by Gasteiger charge is -2.52. The van der Waals surface area contributed by atoms with Crippen LogP contribution in [-0.4, -0.2) is 0 Å². The molecule has 2 nitrogen and oxygen atoms in total. The van der Waals surface area contributed by atoms with Crippen molar-refractivity contribution in [2.45, 2.75) is 197 Å². The Kier molecular flexibility index (Phi) is 11.8. The van der Waals surface area contributed by atoms with Gasteiger partial charge in [-0.3, -0.25) is 0 Å². The van der Waals surface area contributed by atoms with E-state index < -0.39 is 0 Å². The fourth-order valence-corrected chi connectivity index (χ4v) is 16.0. The van der Waals surface area contributed by atoms with E-state index in [-0.39, 0.29) is 0 Å². The summed E-state index contributed by atoms with van der Waals surface area (Å²) >= 11 is 0. The first-order chi connectivity index (χ1) is 26.8. The van der Waals surface area contributed by atoms with E-state index in [0.717, 1.165) is 82.4 Å². The molecule has 2 aromatic carbocycles. The number of hydrogen-bond acceptors (Lipinski definition) is 2. The van der Waals surface area contributed by atoms with Gasteiger partial charge in [0.05, 0.1) is 11.4 Å². The molecule has 0 bridgehead atoms. The Morgan fingerprint density at radius 1 is 0.536 bits per heavy atom. The van der Waals surface area contributed by atoms with Crippen LogP contribution in [0.25, 0.3) is 0 Å². The lowest BCUT2D eigenvalue weighted by Crippen LogP contribution is -2.43. The van der Waals surface area contributed by atoms with E-state index >= 15 is 0 Å². The summed E-state index contributed by atoms with van der Waals surface area (Å²) in [6.45, 7) is 24.9. The third-order valence-electron chi connectivity index (χ3n) is 19.0. The number of hydrogen-bond donors (Lipinski definition) is 0. The van der Waals surface area contributed by atoms with E-state index in [1.165, 1.54) is 127 Å². The van der Waals surface area contributed by atoms with Gasteiger partial charge in [0.15, 0.2) is 0 Å². The van der Waals surface area contributed by atoms with Crippen molar-refractivity contribution in [1.82, 2.24) is 0 Å². The molecule has 0 radical (unpaired) electrons. The molecule has 2 heteroatoms. The van der Waals surface area contributed by atoms with Gasteiger partial charge < -0.3 is 0 Å². The Balaban J connectivity index is 0.937. The number of benzene rings is 2. The van der Waals surface area contributed by atoms with Gasteiger partial charge in [-0.1, -0.05) is 106 Å². The molecule has 0 spiro atoms. The Bertz CT molecular complexity index is 1610. The summed E-state index contributed by atoms with van der Waals surface area (Å²) in [4.78, 5) is 0. The molecule has 6 aliphatic rings. The lowest BCUT2D eigenvalue weighted by molar-refractivity contribution is 0.00962. The van der Waals surface area contributed by atoms with E-state index in [9.17, 15) is 0 Å². The zero-order valence-corrected chi connectivity index (χ0v) is 37.9. The zero-order valence-electron chi connectivity index (χ0n) is 37.9. The summed E-state index contributed by atoms with van der Waals surface area (Å²) in [7, 11) is 0. The van der Waals surface area contributed by atoms with Gasteiger partial charge in [-0.2, -0.15) is 10.2 Å². The molecule has 12 unspecified atom stereocenters. The SMILES string of the molecule is Cc1c(N=Nc2ccc3c(c2C)CCC2C3CCC3(C)C(C(C)CCCC(C)C)CCC23)ccc2c1CCC1C2CCC2(C)C(C(C)CCCC(C)C)CCC12. The summed E-state index contributed by atoms with van der Waals surface area (Å²) in [6, 6.07) is 9.65.